The number of halogens is 1. The first-order chi connectivity index (χ1) is 11.5. The van der Waals surface area contributed by atoms with E-state index in [9.17, 15) is 4.79 Å². The zero-order valence-corrected chi connectivity index (χ0v) is 15.5. The number of nitrogens with one attached hydrogen (secondary N) is 1. The minimum Gasteiger partial charge on any atom is -0.376 e. The first kappa shape index (κ1) is 17.1. The molecule has 1 aromatic carbocycles. The van der Waals surface area contributed by atoms with Gasteiger partial charge in [0.1, 0.15) is 0 Å². The summed E-state index contributed by atoms with van der Waals surface area (Å²) in [5, 5.41) is 3.04. The van der Waals surface area contributed by atoms with E-state index in [1.165, 1.54) is 0 Å². The van der Waals surface area contributed by atoms with E-state index in [1.807, 2.05) is 50.2 Å². The standard InChI is InChI=1S/C19H21BrN2O2/c1-12-16(19(23)22-13(2)18-7-4-10-24-18)8-9-17(21-12)14-5-3-6-15(20)11-14/h3,5-6,8-9,11,13,18H,4,7,10H2,1-2H3,(H,22,23)/t13-,18-/m1/s1. The number of amides is 1. The smallest absolute Gasteiger partial charge is 0.253 e. The van der Waals surface area contributed by atoms with Crippen molar-refractivity contribution in [2.75, 3.05) is 6.61 Å². The van der Waals surface area contributed by atoms with Crippen molar-refractivity contribution in [3.05, 3.63) is 52.1 Å². The number of rotatable bonds is 4. The first-order valence-electron chi connectivity index (χ1n) is 8.20. The van der Waals surface area contributed by atoms with Gasteiger partial charge in [0.2, 0.25) is 0 Å². The molecular formula is C19H21BrN2O2. The van der Waals surface area contributed by atoms with E-state index in [1.54, 1.807) is 0 Å². The van der Waals surface area contributed by atoms with Crippen LogP contribution in [0, 0.1) is 6.92 Å². The molecule has 0 saturated carbocycles. The summed E-state index contributed by atoms with van der Waals surface area (Å²) in [7, 11) is 0. The molecular weight excluding hydrogens is 368 g/mol. The topological polar surface area (TPSA) is 51.2 Å². The third-order valence-corrected chi connectivity index (χ3v) is 4.83. The van der Waals surface area contributed by atoms with Crippen LogP contribution in [0.1, 0.15) is 35.8 Å². The van der Waals surface area contributed by atoms with Gasteiger partial charge in [0.05, 0.1) is 29.1 Å². The third kappa shape index (κ3) is 3.84. The number of benzene rings is 1. The van der Waals surface area contributed by atoms with Crippen molar-refractivity contribution in [3.63, 3.8) is 0 Å². The molecule has 0 bridgehead atoms. The van der Waals surface area contributed by atoms with Crippen LogP contribution in [-0.4, -0.2) is 29.6 Å². The molecule has 1 aliphatic heterocycles. The van der Waals surface area contributed by atoms with Crippen molar-refractivity contribution >= 4 is 21.8 Å². The van der Waals surface area contributed by atoms with Gasteiger partial charge in [0.15, 0.2) is 0 Å². The molecule has 2 atom stereocenters. The Morgan fingerprint density at radius 3 is 2.88 bits per heavy atom. The fraction of sp³-hybridized carbons (Fsp3) is 0.368. The summed E-state index contributed by atoms with van der Waals surface area (Å²) in [6.45, 7) is 4.65. The zero-order valence-electron chi connectivity index (χ0n) is 13.9. The van der Waals surface area contributed by atoms with E-state index in [0.29, 0.717) is 5.56 Å². The summed E-state index contributed by atoms with van der Waals surface area (Å²) in [5.41, 5.74) is 3.22. The lowest BCUT2D eigenvalue weighted by atomic mass is 10.1. The van der Waals surface area contributed by atoms with Crippen LogP contribution < -0.4 is 5.32 Å². The normalized spacial score (nSPS) is 18.4. The SMILES string of the molecule is Cc1nc(-c2cccc(Br)c2)ccc1C(=O)N[C@H](C)[C@H]1CCCO1. The maximum Gasteiger partial charge on any atom is 0.253 e. The molecule has 1 aliphatic rings. The third-order valence-electron chi connectivity index (χ3n) is 4.33. The molecule has 1 saturated heterocycles. The summed E-state index contributed by atoms with van der Waals surface area (Å²) in [6, 6.07) is 11.7. The molecule has 0 aliphatic carbocycles. The highest BCUT2D eigenvalue weighted by Crippen LogP contribution is 2.23. The zero-order chi connectivity index (χ0) is 17.1. The van der Waals surface area contributed by atoms with Crippen LogP contribution in [0.3, 0.4) is 0 Å². The minimum atomic E-state index is -0.0937. The predicted octanol–water partition coefficient (Wildman–Crippen LogP) is 4.12. The highest BCUT2D eigenvalue weighted by atomic mass is 79.9. The maximum atomic E-state index is 12.5. The van der Waals surface area contributed by atoms with Gasteiger partial charge in [-0.25, -0.2) is 0 Å². The number of ether oxygens (including phenoxy) is 1. The molecule has 0 radical (unpaired) electrons. The summed E-state index contributed by atoms with van der Waals surface area (Å²) in [5.74, 6) is -0.0937. The van der Waals surface area contributed by atoms with E-state index in [2.05, 4.69) is 26.2 Å². The fourth-order valence-electron chi connectivity index (χ4n) is 2.98. The second-order valence-electron chi connectivity index (χ2n) is 6.15. The molecule has 4 nitrogen and oxygen atoms in total. The van der Waals surface area contributed by atoms with Gasteiger partial charge in [-0.15, -0.1) is 0 Å². The summed E-state index contributed by atoms with van der Waals surface area (Å²) in [4.78, 5) is 17.1. The van der Waals surface area contributed by atoms with Gasteiger partial charge in [-0.1, -0.05) is 28.1 Å². The maximum absolute atomic E-state index is 12.5. The lowest BCUT2D eigenvalue weighted by molar-refractivity contribution is 0.0712. The molecule has 0 spiro atoms. The van der Waals surface area contributed by atoms with Crippen molar-refractivity contribution in [3.8, 4) is 11.3 Å². The van der Waals surface area contributed by atoms with Crippen molar-refractivity contribution in [2.45, 2.75) is 38.8 Å². The molecule has 2 aromatic rings. The highest BCUT2D eigenvalue weighted by molar-refractivity contribution is 9.10. The van der Waals surface area contributed by atoms with Crippen LogP contribution in [0.2, 0.25) is 0 Å². The van der Waals surface area contributed by atoms with E-state index < -0.39 is 0 Å². The number of aryl methyl sites for hydroxylation is 1. The number of carbonyl (C=O) groups is 1. The average molecular weight is 389 g/mol. The van der Waals surface area contributed by atoms with Crippen molar-refractivity contribution < 1.29 is 9.53 Å². The Kier molecular flexibility index (Phi) is 5.31. The van der Waals surface area contributed by atoms with Crippen molar-refractivity contribution in [1.29, 1.82) is 0 Å². The Labute approximate surface area is 150 Å². The number of aromatic nitrogens is 1. The van der Waals surface area contributed by atoms with E-state index in [-0.39, 0.29) is 18.1 Å². The van der Waals surface area contributed by atoms with Crippen LogP contribution >= 0.6 is 15.9 Å². The summed E-state index contributed by atoms with van der Waals surface area (Å²) >= 11 is 3.47. The quantitative estimate of drug-likeness (QED) is 0.856. The van der Waals surface area contributed by atoms with Gasteiger partial charge in [-0.2, -0.15) is 0 Å². The summed E-state index contributed by atoms with van der Waals surface area (Å²) in [6.07, 6.45) is 2.18. The van der Waals surface area contributed by atoms with Gasteiger partial charge in [-0.05, 0) is 51.0 Å². The average Bonchev–Trinajstić information content (AvgIpc) is 3.09. The van der Waals surface area contributed by atoms with E-state index in [0.717, 1.165) is 40.9 Å². The van der Waals surface area contributed by atoms with Crippen molar-refractivity contribution in [1.82, 2.24) is 10.3 Å². The predicted molar refractivity (Wildman–Crippen MR) is 98.0 cm³/mol. The largest absolute Gasteiger partial charge is 0.376 e. The molecule has 5 heteroatoms. The van der Waals surface area contributed by atoms with Crippen LogP contribution in [0.4, 0.5) is 0 Å². The Bertz CT molecular complexity index is 742. The van der Waals surface area contributed by atoms with E-state index in [4.69, 9.17) is 4.74 Å². The number of hydrogen-bond donors (Lipinski definition) is 1. The van der Waals surface area contributed by atoms with E-state index >= 15 is 0 Å². The lowest BCUT2D eigenvalue weighted by Gasteiger charge is -2.20. The summed E-state index contributed by atoms with van der Waals surface area (Å²) < 4.78 is 6.64. The second-order valence-corrected chi connectivity index (χ2v) is 7.07. The molecule has 3 rings (SSSR count). The van der Waals surface area contributed by atoms with Crippen LogP contribution in [0.25, 0.3) is 11.3 Å². The molecule has 0 unspecified atom stereocenters. The van der Waals surface area contributed by atoms with Gasteiger partial charge in [0, 0.05) is 16.6 Å². The van der Waals surface area contributed by atoms with Gasteiger partial charge in [-0.3, -0.25) is 9.78 Å². The van der Waals surface area contributed by atoms with Crippen LogP contribution in [-0.2, 0) is 4.74 Å². The lowest BCUT2D eigenvalue weighted by Crippen LogP contribution is -2.41. The minimum absolute atomic E-state index is 0.00385. The highest BCUT2D eigenvalue weighted by Gasteiger charge is 2.24. The number of pyridine rings is 1. The fourth-order valence-corrected chi connectivity index (χ4v) is 3.38. The Balaban J connectivity index is 1.75. The van der Waals surface area contributed by atoms with Gasteiger partial charge >= 0.3 is 0 Å². The Morgan fingerprint density at radius 1 is 1.38 bits per heavy atom. The second kappa shape index (κ2) is 7.45. The molecule has 1 amide bonds. The molecule has 1 fully saturated rings. The monoisotopic (exact) mass is 388 g/mol. The van der Waals surface area contributed by atoms with Crippen LogP contribution in [0.15, 0.2) is 40.9 Å². The number of hydrogen-bond acceptors (Lipinski definition) is 3. The molecule has 126 valence electrons. The Morgan fingerprint density at radius 2 is 2.21 bits per heavy atom. The number of carbonyl (C=O) groups excluding carboxylic acids is 1. The molecule has 1 aromatic heterocycles. The Hall–Kier alpha value is -1.72. The number of nitrogens with zero attached hydrogens (tertiary/aromatic N) is 1. The first-order valence-corrected chi connectivity index (χ1v) is 9.00. The molecule has 1 N–H and O–H groups in total. The molecule has 24 heavy (non-hydrogen) atoms. The van der Waals surface area contributed by atoms with Gasteiger partial charge < -0.3 is 10.1 Å². The molecule has 2 heterocycles. The van der Waals surface area contributed by atoms with Crippen molar-refractivity contribution in [2.24, 2.45) is 0 Å². The van der Waals surface area contributed by atoms with Crippen LogP contribution in [0.5, 0.6) is 0 Å². The van der Waals surface area contributed by atoms with Gasteiger partial charge in [0.25, 0.3) is 5.91 Å².